The average Bonchev–Trinajstić information content (AvgIpc) is 2.90. The van der Waals surface area contributed by atoms with E-state index in [2.05, 4.69) is 17.2 Å². The van der Waals surface area contributed by atoms with Crippen LogP contribution >= 0.6 is 23.1 Å². The van der Waals surface area contributed by atoms with Gasteiger partial charge in [-0.2, -0.15) is 0 Å². The van der Waals surface area contributed by atoms with Gasteiger partial charge < -0.3 is 5.32 Å². The number of rotatable bonds is 6. The molecule has 1 N–H and O–H groups in total. The van der Waals surface area contributed by atoms with Crippen LogP contribution in [0, 0.1) is 0 Å². The highest BCUT2D eigenvalue weighted by Crippen LogP contribution is 2.20. The summed E-state index contributed by atoms with van der Waals surface area (Å²) in [4.78, 5) is 28.9. The number of nitrogens with zero attached hydrogens (tertiary/aromatic N) is 2. The number of hydrogen-bond donors (Lipinski definition) is 1. The molecular formula is C13H17N3O2S2. The average molecular weight is 311 g/mol. The molecule has 2 aromatic heterocycles. The number of unbranched alkanes of at least 4 members (excludes halogenated alkanes) is 1. The van der Waals surface area contributed by atoms with E-state index in [4.69, 9.17) is 0 Å². The van der Waals surface area contributed by atoms with Crippen LogP contribution in [0.3, 0.4) is 0 Å². The second-order valence-electron chi connectivity index (χ2n) is 4.39. The van der Waals surface area contributed by atoms with Gasteiger partial charge in [0.2, 0.25) is 5.91 Å². The van der Waals surface area contributed by atoms with Crippen molar-refractivity contribution < 1.29 is 4.79 Å². The van der Waals surface area contributed by atoms with Gasteiger partial charge in [0.05, 0.1) is 11.1 Å². The van der Waals surface area contributed by atoms with Crippen LogP contribution in [0.15, 0.2) is 21.4 Å². The smallest absolute Gasteiger partial charge is 0.262 e. The monoisotopic (exact) mass is 311 g/mol. The Bertz CT molecular complexity index is 663. The van der Waals surface area contributed by atoms with E-state index in [9.17, 15) is 9.59 Å². The summed E-state index contributed by atoms with van der Waals surface area (Å²) >= 11 is 2.73. The minimum Gasteiger partial charge on any atom is -0.355 e. The second-order valence-corrected chi connectivity index (χ2v) is 6.23. The minimum absolute atomic E-state index is 0.0241. The van der Waals surface area contributed by atoms with Crippen LogP contribution in [0.4, 0.5) is 0 Å². The summed E-state index contributed by atoms with van der Waals surface area (Å²) in [5.41, 5.74) is -0.0647. The maximum atomic E-state index is 12.1. The first-order valence-corrected chi connectivity index (χ1v) is 8.33. The van der Waals surface area contributed by atoms with Gasteiger partial charge in [0, 0.05) is 13.6 Å². The van der Waals surface area contributed by atoms with Gasteiger partial charge in [0.1, 0.15) is 4.83 Å². The third-order valence-corrected chi connectivity index (χ3v) is 4.69. The molecule has 0 saturated heterocycles. The van der Waals surface area contributed by atoms with Crippen LogP contribution in [0.25, 0.3) is 10.2 Å². The molecule has 2 rings (SSSR count). The molecule has 0 aliphatic carbocycles. The van der Waals surface area contributed by atoms with Gasteiger partial charge in [0.25, 0.3) is 5.56 Å². The molecule has 0 bridgehead atoms. The lowest BCUT2D eigenvalue weighted by molar-refractivity contribution is -0.118. The molecule has 20 heavy (non-hydrogen) atoms. The summed E-state index contributed by atoms with van der Waals surface area (Å²) in [7, 11) is 1.68. The zero-order chi connectivity index (χ0) is 14.5. The van der Waals surface area contributed by atoms with E-state index in [0.29, 0.717) is 17.1 Å². The summed E-state index contributed by atoms with van der Waals surface area (Å²) in [6, 6.07) is 1.78. The van der Waals surface area contributed by atoms with E-state index in [1.807, 2.05) is 5.38 Å². The van der Waals surface area contributed by atoms with Crippen molar-refractivity contribution in [1.29, 1.82) is 0 Å². The Hall–Kier alpha value is -1.34. The third kappa shape index (κ3) is 3.40. The van der Waals surface area contributed by atoms with Crippen LogP contribution in [0.2, 0.25) is 0 Å². The predicted molar refractivity (Wildman–Crippen MR) is 83.5 cm³/mol. The normalized spacial score (nSPS) is 10.9. The summed E-state index contributed by atoms with van der Waals surface area (Å²) in [5.74, 6) is 0.255. The molecule has 2 heterocycles. The lowest BCUT2D eigenvalue weighted by Crippen LogP contribution is -2.27. The van der Waals surface area contributed by atoms with Crippen LogP contribution in [-0.4, -0.2) is 27.8 Å². The number of thioether (sulfide) groups is 1. The van der Waals surface area contributed by atoms with E-state index in [1.165, 1.54) is 27.7 Å². The fourth-order valence-corrected chi connectivity index (χ4v) is 3.30. The summed E-state index contributed by atoms with van der Waals surface area (Å²) in [5, 5.41) is 5.91. The van der Waals surface area contributed by atoms with E-state index < -0.39 is 0 Å². The number of nitrogens with one attached hydrogen (secondary N) is 1. The van der Waals surface area contributed by atoms with Crippen molar-refractivity contribution in [3.63, 3.8) is 0 Å². The molecule has 0 saturated carbocycles. The number of aromatic nitrogens is 2. The van der Waals surface area contributed by atoms with Crippen molar-refractivity contribution in [2.75, 3.05) is 12.3 Å². The number of fused-ring (bicyclic) bond motifs is 1. The highest BCUT2D eigenvalue weighted by molar-refractivity contribution is 7.99. The second kappa shape index (κ2) is 6.90. The van der Waals surface area contributed by atoms with Crippen molar-refractivity contribution in [2.24, 2.45) is 7.05 Å². The molecule has 0 unspecified atom stereocenters. The lowest BCUT2D eigenvalue weighted by Gasteiger charge is -2.07. The van der Waals surface area contributed by atoms with E-state index in [0.717, 1.165) is 17.7 Å². The standard InChI is InChI=1S/C13H17N3O2S2/c1-3-4-6-14-10(17)8-20-13-15-11-9(5-7-19-11)12(18)16(13)2/h5,7H,3-4,6,8H2,1-2H3,(H,14,17). The van der Waals surface area contributed by atoms with Crippen molar-refractivity contribution in [2.45, 2.75) is 24.9 Å². The van der Waals surface area contributed by atoms with E-state index in [-0.39, 0.29) is 17.2 Å². The van der Waals surface area contributed by atoms with Crippen molar-refractivity contribution >= 4 is 39.2 Å². The molecule has 1 amide bonds. The fraction of sp³-hybridized carbons (Fsp3) is 0.462. The molecule has 5 nitrogen and oxygen atoms in total. The molecule has 2 aromatic rings. The SMILES string of the molecule is CCCCNC(=O)CSc1nc2sccc2c(=O)n1C. The number of amides is 1. The fourth-order valence-electron chi connectivity index (χ4n) is 1.69. The molecule has 0 spiro atoms. The maximum absolute atomic E-state index is 12.1. The summed E-state index contributed by atoms with van der Waals surface area (Å²) in [6.07, 6.45) is 2.03. The predicted octanol–water partition coefficient (Wildman–Crippen LogP) is 2.00. The van der Waals surface area contributed by atoms with Crippen molar-refractivity contribution in [1.82, 2.24) is 14.9 Å². The van der Waals surface area contributed by atoms with Crippen molar-refractivity contribution in [3.05, 3.63) is 21.8 Å². The van der Waals surface area contributed by atoms with Gasteiger partial charge in [0.15, 0.2) is 5.16 Å². The first-order valence-electron chi connectivity index (χ1n) is 6.47. The van der Waals surface area contributed by atoms with Gasteiger partial charge in [-0.05, 0) is 17.9 Å². The summed E-state index contributed by atoms with van der Waals surface area (Å²) < 4.78 is 1.50. The molecule has 0 atom stereocenters. The zero-order valence-corrected chi connectivity index (χ0v) is 13.1. The summed E-state index contributed by atoms with van der Waals surface area (Å²) in [6.45, 7) is 2.78. The number of carbonyl (C=O) groups excluding carboxylic acids is 1. The molecule has 0 aliphatic heterocycles. The Morgan fingerprint density at radius 1 is 1.55 bits per heavy atom. The lowest BCUT2D eigenvalue weighted by atomic mass is 10.3. The number of carbonyl (C=O) groups is 1. The molecule has 0 aliphatic rings. The Labute approximate surface area is 125 Å². The van der Waals surface area contributed by atoms with Crippen LogP contribution in [0.1, 0.15) is 19.8 Å². The first kappa shape index (κ1) is 15.1. The van der Waals surface area contributed by atoms with Crippen LogP contribution in [-0.2, 0) is 11.8 Å². The van der Waals surface area contributed by atoms with Gasteiger partial charge in [-0.25, -0.2) is 4.98 Å². The van der Waals surface area contributed by atoms with Crippen molar-refractivity contribution in [3.8, 4) is 0 Å². The topological polar surface area (TPSA) is 64.0 Å². The Morgan fingerprint density at radius 2 is 2.35 bits per heavy atom. The molecule has 0 aromatic carbocycles. The third-order valence-electron chi connectivity index (χ3n) is 2.85. The Balaban J connectivity index is 2.04. The molecule has 108 valence electrons. The highest BCUT2D eigenvalue weighted by Gasteiger charge is 2.11. The zero-order valence-electron chi connectivity index (χ0n) is 11.5. The van der Waals surface area contributed by atoms with Gasteiger partial charge >= 0.3 is 0 Å². The minimum atomic E-state index is -0.0647. The van der Waals surface area contributed by atoms with Gasteiger partial charge in [-0.1, -0.05) is 25.1 Å². The highest BCUT2D eigenvalue weighted by atomic mass is 32.2. The van der Waals surface area contributed by atoms with Gasteiger partial charge in [-0.15, -0.1) is 11.3 Å². The molecule has 0 radical (unpaired) electrons. The number of hydrogen-bond acceptors (Lipinski definition) is 5. The Morgan fingerprint density at radius 3 is 3.10 bits per heavy atom. The molecule has 0 fully saturated rings. The van der Waals surface area contributed by atoms with E-state index >= 15 is 0 Å². The maximum Gasteiger partial charge on any atom is 0.262 e. The van der Waals surface area contributed by atoms with Gasteiger partial charge in [-0.3, -0.25) is 14.2 Å². The largest absolute Gasteiger partial charge is 0.355 e. The van der Waals surface area contributed by atoms with Crippen LogP contribution in [0.5, 0.6) is 0 Å². The number of thiophene rings is 1. The molecule has 7 heteroatoms. The Kier molecular flexibility index (Phi) is 5.19. The first-order chi connectivity index (χ1) is 9.63. The van der Waals surface area contributed by atoms with E-state index in [1.54, 1.807) is 13.1 Å². The quantitative estimate of drug-likeness (QED) is 0.503. The molecular weight excluding hydrogens is 294 g/mol. The van der Waals surface area contributed by atoms with Crippen LogP contribution < -0.4 is 10.9 Å².